The maximum atomic E-state index is 6.12. The number of unbranched alkanes of at least 4 members (excludes halogenated alkanes) is 9. The van der Waals surface area contributed by atoms with Gasteiger partial charge in [-0.25, -0.2) is 0 Å². The molecule has 0 radical (unpaired) electrons. The number of aryl methyl sites for hydroxylation is 3. The van der Waals surface area contributed by atoms with E-state index in [1.54, 1.807) is 22.7 Å². The van der Waals surface area contributed by atoms with E-state index in [1.807, 2.05) is 10.8 Å². The van der Waals surface area contributed by atoms with Crippen molar-refractivity contribution >= 4 is 38.6 Å². The van der Waals surface area contributed by atoms with Crippen LogP contribution in [-0.4, -0.2) is 26.4 Å². The summed E-state index contributed by atoms with van der Waals surface area (Å²) in [6, 6.07) is 26.8. The Labute approximate surface area is 347 Å². The zero-order valence-corrected chi connectivity index (χ0v) is 36.6. The fraction of sp³-hybridized carbons (Fsp3) is 0.458. The Morgan fingerprint density at radius 2 is 0.818 bits per heavy atom. The van der Waals surface area contributed by atoms with Crippen molar-refractivity contribution in [3.05, 3.63) is 105 Å². The first-order valence-corrected chi connectivity index (χ1v) is 23.3. The molecule has 5 aromatic rings. The molecule has 0 fully saturated rings. The molecule has 0 unspecified atom stereocenters. The summed E-state index contributed by atoms with van der Waals surface area (Å²) in [6.45, 7) is 9.37. The van der Waals surface area contributed by atoms with Crippen LogP contribution in [-0.2, 0) is 19.3 Å². The lowest BCUT2D eigenvalue weighted by Gasteiger charge is -2.17. The van der Waals surface area contributed by atoms with E-state index < -0.39 is 0 Å². The van der Waals surface area contributed by atoms with E-state index in [9.17, 15) is 0 Å². The molecule has 7 rings (SSSR count). The maximum absolute atomic E-state index is 6.12. The van der Waals surface area contributed by atoms with E-state index in [0.29, 0.717) is 26.4 Å². The van der Waals surface area contributed by atoms with Gasteiger partial charge in [0.05, 0.1) is 9.75 Å². The third kappa shape index (κ3) is 14.0. The zero-order chi connectivity index (χ0) is 38.5. The number of ether oxygens (including phenoxy) is 4. The van der Waals surface area contributed by atoms with Gasteiger partial charge in [-0.05, 0) is 78.5 Å². The second-order valence-corrected chi connectivity index (χ2v) is 17.0. The van der Waals surface area contributed by atoms with Crippen LogP contribution in [0.3, 0.4) is 0 Å². The number of halogens is 1. The standard InChI is InChI=1S/C30H38O2S.C12H17Br.C6H6O2S/c1-3-5-7-9-11-23-13-17-25(18-14-23)29-27-28(32-22-21-31-27)30(33-29)26-19-15-24(16-20-26)12-10-8-6-4-2;1-2-3-4-5-6-11-7-9-12(13)10-8-11;1-2-8-6-4-9-3-5(6)7-1/h13-20H,3-12,21-22H2,1-2H3;7-10H,2-6H2,1H3;3-4H,1-2H2. The molecular formula is C48H61BrO4S2. The lowest BCUT2D eigenvalue weighted by atomic mass is 10.0. The smallest absolute Gasteiger partial charge is 0.180 e. The molecule has 2 aliphatic rings. The van der Waals surface area contributed by atoms with Crippen LogP contribution in [0.25, 0.3) is 20.9 Å². The molecule has 55 heavy (non-hydrogen) atoms. The second-order valence-electron chi connectivity index (χ2n) is 14.4. The van der Waals surface area contributed by atoms with E-state index >= 15 is 0 Å². The number of hydrogen-bond donors (Lipinski definition) is 0. The van der Waals surface area contributed by atoms with Gasteiger partial charge in [0.1, 0.15) is 26.4 Å². The van der Waals surface area contributed by atoms with Crippen LogP contribution in [0.5, 0.6) is 23.0 Å². The quantitative estimate of drug-likeness (QED) is 0.0874. The fourth-order valence-electron chi connectivity index (χ4n) is 6.68. The van der Waals surface area contributed by atoms with Crippen LogP contribution in [0, 0.1) is 0 Å². The Bertz CT molecular complexity index is 1680. The summed E-state index contributed by atoms with van der Waals surface area (Å²) in [4.78, 5) is 2.36. The third-order valence-electron chi connectivity index (χ3n) is 9.89. The molecule has 0 amide bonds. The largest absolute Gasteiger partial charge is 0.485 e. The van der Waals surface area contributed by atoms with Crippen molar-refractivity contribution < 1.29 is 18.9 Å². The van der Waals surface area contributed by atoms with Crippen molar-refractivity contribution in [2.45, 2.75) is 117 Å². The molecule has 3 aromatic carbocycles. The van der Waals surface area contributed by atoms with Crippen LogP contribution in [0.15, 0.2) is 88.0 Å². The Kier molecular flexibility index (Phi) is 19.0. The summed E-state index contributed by atoms with van der Waals surface area (Å²) in [5.41, 5.74) is 6.74. The highest BCUT2D eigenvalue weighted by Gasteiger charge is 2.26. The molecule has 0 saturated heterocycles. The van der Waals surface area contributed by atoms with Gasteiger partial charge >= 0.3 is 0 Å². The first-order chi connectivity index (χ1) is 27.1. The van der Waals surface area contributed by atoms with Crippen LogP contribution < -0.4 is 18.9 Å². The Morgan fingerprint density at radius 3 is 1.20 bits per heavy atom. The lowest BCUT2D eigenvalue weighted by molar-refractivity contribution is 0.173. The summed E-state index contributed by atoms with van der Waals surface area (Å²) in [5.74, 6) is 3.62. The second kappa shape index (κ2) is 24.4. The first kappa shape index (κ1) is 42.9. The van der Waals surface area contributed by atoms with E-state index in [2.05, 4.69) is 109 Å². The minimum absolute atomic E-state index is 0.613. The summed E-state index contributed by atoms with van der Waals surface area (Å²) in [5, 5.41) is 3.91. The maximum Gasteiger partial charge on any atom is 0.180 e. The predicted octanol–water partition coefficient (Wildman–Crippen LogP) is 15.2. The number of rotatable bonds is 17. The molecule has 0 N–H and O–H groups in total. The van der Waals surface area contributed by atoms with Crippen LogP contribution in [0.1, 0.15) is 115 Å². The minimum atomic E-state index is 0.613. The summed E-state index contributed by atoms with van der Waals surface area (Å²) in [6.07, 6.45) is 19.4. The highest BCUT2D eigenvalue weighted by molar-refractivity contribution is 9.10. The zero-order valence-electron chi connectivity index (χ0n) is 33.3. The molecule has 296 valence electrons. The first-order valence-electron chi connectivity index (χ1n) is 20.8. The van der Waals surface area contributed by atoms with Gasteiger partial charge in [0.25, 0.3) is 0 Å². The highest BCUT2D eigenvalue weighted by Crippen LogP contribution is 2.53. The predicted molar refractivity (Wildman–Crippen MR) is 239 cm³/mol. The van der Waals surface area contributed by atoms with Gasteiger partial charge in [-0.2, -0.15) is 0 Å². The third-order valence-corrected chi connectivity index (χ3v) is 12.4. The summed E-state index contributed by atoms with van der Waals surface area (Å²) < 4.78 is 23.9. The van der Waals surface area contributed by atoms with Crippen molar-refractivity contribution in [1.29, 1.82) is 0 Å². The number of thiophene rings is 2. The number of benzene rings is 3. The van der Waals surface area contributed by atoms with E-state index in [0.717, 1.165) is 23.0 Å². The van der Waals surface area contributed by atoms with Crippen LogP contribution in [0.4, 0.5) is 0 Å². The van der Waals surface area contributed by atoms with Crippen LogP contribution in [0.2, 0.25) is 0 Å². The van der Waals surface area contributed by atoms with Crippen molar-refractivity contribution in [2.24, 2.45) is 0 Å². The average molecular weight is 846 g/mol. The molecule has 2 aromatic heterocycles. The number of hydrogen-bond acceptors (Lipinski definition) is 6. The molecular weight excluding hydrogens is 785 g/mol. The van der Waals surface area contributed by atoms with Crippen molar-refractivity contribution in [1.82, 2.24) is 0 Å². The van der Waals surface area contributed by atoms with E-state index in [4.69, 9.17) is 18.9 Å². The Balaban J connectivity index is 0.000000213. The average Bonchev–Trinajstić information content (AvgIpc) is 3.87. The van der Waals surface area contributed by atoms with Gasteiger partial charge in [0, 0.05) is 15.2 Å². The molecule has 4 heterocycles. The molecule has 0 aliphatic carbocycles. The van der Waals surface area contributed by atoms with Gasteiger partial charge in [0.15, 0.2) is 23.0 Å². The highest BCUT2D eigenvalue weighted by atomic mass is 79.9. The lowest BCUT2D eigenvalue weighted by Crippen LogP contribution is -2.14. The Hall–Kier alpha value is -3.26. The molecule has 7 heteroatoms. The topological polar surface area (TPSA) is 36.9 Å². The molecule has 0 bridgehead atoms. The van der Waals surface area contributed by atoms with Gasteiger partial charge in [0.2, 0.25) is 0 Å². The van der Waals surface area contributed by atoms with Crippen molar-refractivity contribution in [2.75, 3.05) is 26.4 Å². The molecule has 0 spiro atoms. The molecule has 0 atom stereocenters. The van der Waals surface area contributed by atoms with Gasteiger partial charge in [-0.3, -0.25) is 0 Å². The summed E-state index contributed by atoms with van der Waals surface area (Å²) >= 11 is 6.84. The fourth-order valence-corrected chi connectivity index (χ4v) is 8.83. The summed E-state index contributed by atoms with van der Waals surface area (Å²) in [7, 11) is 0. The van der Waals surface area contributed by atoms with Crippen LogP contribution >= 0.6 is 38.6 Å². The van der Waals surface area contributed by atoms with Crippen molar-refractivity contribution in [3.8, 4) is 43.9 Å². The van der Waals surface area contributed by atoms with E-state index in [1.165, 1.54) is 138 Å². The Morgan fingerprint density at radius 1 is 0.455 bits per heavy atom. The van der Waals surface area contributed by atoms with Gasteiger partial charge in [-0.15, -0.1) is 22.7 Å². The van der Waals surface area contributed by atoms with Gasteiger partial charge in [-0.1, -0.05) is 155 Å². The molecule has 2 aliphatic heterocycles. The SMILES string of the molecule is CCCCCCc1ccc(-c2sc(-c3ccc(CCCCCC)cc3)c3c2OCCO3)cc1.CCCCCCc1ccc(Br)cc1.c1scc2c1OCCO2. The van der Waals surface area contributed by atoms with Crippen molar-refractivity contribution in [3.63, 3.8) is 0 Å². The molecule has 0 saturated carbocycles. The molecule has 4 nitrogen and oxygen atoms in total. The number of fused-ring (bicyclic) bond motifs is 2. The normalized spacial score (nSPS) is 12.7. The van der Waals surface area contributed by atoms with Gasteiger partial charge < -0.3 is 18.9 Å². The monoisotopic (exact) mass is 844 g/mol. The van der Waals surface area contributed by atoms with E-state index in [-0.39, 0.29) is 0 Å². The minimum Gasteiger partial charge on any atom is -0.485 e.